The molecule has 0 saturated heterocycles. The molecule has 66 valence electrons. The molecule has 0 radical (unpaired) electrons. The highest BCUT2D eigenvalue weighted by Gasteiger charge is 2.53. The molecule has 0 amide bonds. The molecule has 1 nitrogen and oxygen atoms in total. The number of rotatable bonds is 0. The van der Waals surface area contributed by atoms with Crippen LogP contribution in [-0.2, 0) is 0 Å². The van der Waals surface area contributed by atoms with E-state index in [0.717, 1.165) is 29.5 Å². The van der Waals surface area contributed by atoms with Gasteiger partial charge >= 0.3 is 0 Å². The van der Waals surface area contributed by atoms with Crippen LogP contribution in [0.15, 0.2) is 0 Å². The van der Waals surface area contributed by atoms with Gasteiger partial charge in [-0.05, 0) is 49.9 Å². The van der Waals surface area contributed by atoms with Crippen LogP contribution in [-0.4, -0.2) is 15.6 Å². The Morgan fingerprint density at radius 3 is 2.25 bits per heavy atom. The summed E-state index contributed by atoms with van der Waals surface area (Å²) in [4.78, 5) is 0.995. The molecule has 0 aliphatic heterocycles. The Labute approximate surface area is 78.2 Å². The van der Waals surface area contributed by atoms with E-state index in [1.807, 2.05) is 0 Å². The smallest absolute Gasteiger partial charge is 0.0966 e. The molecule has 2 heteroatoms. The van der Waals surface area contributed by atoms with Crippen molar-refractivity contribution in [3.63, 3.8) is 0 Å². The molecule has 4 aliphatic carbocycles. The normalized spacial score (nSPS) is 56.4. The van der Waals surface area contributed by atoms with E-state index in [4.69, 9.17) is 12.2 Å². The van der Waals surface area contributed by atoms with Crippen molar-refractivity contribution in [1.29, 1.82) is 0 Å². The lowest BCUT2D eigenvalue weighted by atomic mass is 9.54. The summed E-state index contributed by atoms with van der Waals surface area (Å²) in [6.45, 7) is 0. The third kappa shape index (κ3) is 0.801. The second-order valence-corrected chi connectivity index (χ2v) is 5.38. The van der Waals surface area contributed by atoms with Crippen LogP contribution in [0.4, 0.5) is 0 Å². The monoisotopic (exact) mass is 182 g/mol. The molecule has 12 heavy (non-hydrogen) atoms. The average molecular weight is 182 g/mol. The fraction of sp³-hybridized carbons (Fsp3) is 0.900. The van der Waals surface area contributed by atoms with Gasteiger partial charge in [0.05, 0.1) is 5.60 Å². The van der Waals surface area contributed by atoms with Crippen LogP contribution < -0.4 is 0 Å². The minimum Gasteiger partial charge on any atom is -0.385 e. The molecule has 0 heterocycles. The summed E-state index contributed by atoms with van der Waals surface area (Å²) in [5.74, 6) is 2.18. The van der Waals surface area contributed by atoms with Gasteiger partial charge in [0.1, 0.15) is 0 Å². The Morgan fingerprint density at radius 2 is 1.75 bits per heavy atom. The Bertz CT molecular complexity index is 234. The van der Waals surface area contributed by atoms with Crippen molar-refractivity contribution in [3.05, 3.63) is 0 Å². The van der Waals surface area contributed by atoms with E-state index in [0.29, 0.717) is 5.92 Å². The molecule has 0 aromatic carbocycles. The lowest BCUT2D eigenvalue weighted by Crippen LogP contribution is -2.56. The van der Waals surface area contributed by atoms with Gasteiger partial charge < -0.3 is 5.11 Å². The first-order chi connectivity index (χ1) is 5.67. The second kappa shape index (κ2) is 2.10. The maximum Gasteiger partial charge on any atom is 0.0966 e. The first-order valence-corrected chi connectivity index (χ1v) is 5.35. The minimum absolute atomic E-state index is 0.510. The third-order valence-electron chi connectivity index (χ3n) is 3.98. The number of hydrogen-bond acceptors (Lipinski definition) is 2. The lowest BCUT2D eigenvalue weighted by molar-refractivity contribution is -0.0339. The van der Waals surface area contributed by atoms with Gasteiger partial charge in [0, 0.05) is 4.86 Å². The highest BCUT2D eigenvalue weighted by Crippen LogP contribution is 2.54. The number of thiocarbonyl (C=S) groups is 1. The average Bonchev–Trinajstić information content (AvgIpc) is 1.98. The molecule has 2 atom stereocenters. The molecule has 4 bridgehead atoms. The van der Waals surface area contributed by atoms with Gasteiger partial charge in [-0.25, -0.2) is 0 Å². The Balaban J connectivity index is 2.02. The molecule has 4 saturated carbocycles. The Morgan fingerprint density at radius 1 is 1.17 bits per heavy atom. The lowest BCUT2D eigenvalue weighted by Gasteiger charge is -2.54. The molecule has 4 fully saturated rings. The summed E-state index contributed by atoms with van der Waals surface area (Å²) in [5.41, 5.74) is -0.510. The number of hydrogen-bond donors (Lipinski definition) is 1. The predicted octanol–water partition coefficient (Wildman–Crippen LogP) is 1.93. The molecule has 0 spiro atoms. The van der Waals surface area contributed by atoms with Crippen LogP contribution in [0.3, 0.4) is 0 Å². The fourth-order valence-electron chi connectivity index (χ4n) is 3.73. The van der Waals surface area contributed by atoms with Crippen LogP contribution in [0, 0.1) is 17.8 Å². The summed E-state index contributed by atoms with van der Waals surface area (Å²) in [6.07, 6.45) is 5.86. The molecule has 4 aliphatic rings. The van der Waals surface area contributed by atoms with Crippen molar-refractivity contribution >= 4 is 17.1 Å². The molecule has 2 unspecified atom stereocenters. The highest BCUT2D eigenvalue weighted by molar-refractivity contribution is 7.80. The highest BCUT2D eigenvalue weighted by atomic mass is 32.1. The van der Waals surface area contributed by atoms with E-state index < -0.39 is 5.60 Å². The summed E-state index contributed by atoms with van der Waals surface area (Å²) in [7, 11) is 0. The maximum atomic E-state index is 10.2. The van der Waals surface area contributed by atoms with Gasteiger partial charge in [-0.3, -0.25) is 0 Å². The van der Waals surface area contributed by atoms with Crippen LogP contribution in [0.1, 0.15) is 32.1 Å². The summed E-state index contributed by atoms with van der Waals surface area (Å²) >= 11 is 5.34. The molecule has 4 rings (SSSR count). The standard InChI is InChI=1S/C10H14OS/c11-10-4-6-1-7(5-10)3-8(2-6)9(10)12/h6-8,11H,1-5H2. The fourth-order valence-corrected chi connectivity index (χ4v) is 4.09. The molecule has 0 aromatic rings. The van der Waals surface area contributed by atoms with E-state index in [1.54, 1.807) is 0 Å². The van der Waals surface area contributed by atoms with Crippen LogP contribution in [0.25, 0.3) is 0 Å². The van der Waals surface area contributed by atoms with Gasteiger partial charge in [0.15, 0.2) is 0 Å². The summed E-state index contributed by atoms with van der Waals surface area (Å²) in [5, 5.41) is 10.2. The molecular formula is C10H14OS. The quantitative estimate of drug-likeness (QED) is 0.578. The van der Waals surface area contributed by atoms with Gasteiger partial charge in [-0.2, -0.15) is 0 Å². The summed E-state index contributed by atoms with van der Waals surface area (Å²) < 4.78 is 0. The van der Waals surface area contributed by atoms with E-state index in [9.17, 15) is 5.11 Å². The molecular weight excluding hydrogens is 168 g/mol. The summed E-state index contributed by atoms with van der Waals surface area (Å²) in [6, 6.07) is 0. The van der Waals surface area contributed by atoms with Crippen LogP contribution in [0.2, 0.25) is 0 Å². The van der Waals surface area contributed by atoms with Crippen molar-refractivity contribution in [3.8, 4) is 0 Å². The van der Waals surface area contributed by atoms with Crippen LogP contribution >= 0.6 is 12.2 Å². The van der Waals surface area contributed by atoms with Crippen molar-refractivity contribution in [2.75, 3.05) is 0 Å². The predicted molar refractivity (Wildman–Crippen MR) is 51.1 cm³/mol. The van der Waals surface area contributed by atoms with Gasteiger partial charge in [-0.1, -0.05) is 12.2 Å². The van der Waals surface area contributed by atoms with Gasteiger partial charge in [0.2, 0.25) is 0 Å². The topological polar surface area (TPSA) is 20.2 Å². The van der Waals surface area contributed by atoms with Crippen LogP contribution in [0.5, 0.6) is 0 Å². The first-order valence-electron chi connectivity index (χ1n) is 4.94. The Hall–Kier alpha value is 0.0500. The van der Waals surface area contributed by atoms with Gasteiger partial charge in [-0.15, -0.1) is 0 Å². The van der Waals surface area contributed by atoms with E-state index in [-0.39, 0.29) is 0 Å². The Kier molecular flexibility index (Phi) is 1.30. The zero-order valence-corrected chi connectivity index (χ0v) is 7.94. The zero-order valence-electron chi connectivity index (χ0n) is 7.12. The largest absolute Gasteiger partial charge is 0.385 e. The minimum atomic E-state index is -0.510. The van der Waals surface area contributed by atoms with Gasteiger partial charge in [0.25, 0.3) is 0 Å². The zero-order chi connectivity index (χ0) is 8.34. The molecule has 1 N–H and O–H groups in total. The van der Waals surface area contributed by atoms with E-state index in [2.05, 4.69) is 0 Å². The molecule has 0 aromatic heterocycles. The van der Waals surface area contributed by atoms with Crippen molar-refractivity contribution in [2.45, 2.75) is 37.7 Å². The van der Waals surface area contributed by atoms with E-state index >= 15 is 0 Å². The number of aliphatic hydroxyl groups is 1. The second-order valence-electron chi connectivity index (χ2n) is 4.94. The third-order valence-corrected chi connectivity index (χ3v) is 4.70. The first kappa shape index (κ1) is 7.45. The van der Waals surface area contributed by atoms with Crippen molar-refractivity contribution in [1.82, 2.24) is 0 Å². The van der Waals surface area contributed by atoms with Crippen molar-refractivity contribution in [2.24, 2.45) is 17.8 Å². The van der Waals surface area contributed by atoms with Crippen molar-refractivity contribution < 1.29 is 5.11 Å². The van der Waals surface area contributed by atoms with E-state index in [1.165, 1.54) is 19.3 Å². The SMILES string of the molecule is OC12CC3CC(CC(C3)C1=S)C2. The maximum absolute atomic E-state index is 10.2.